The van der Waals surface area contributed by atoms with Gasteiger partial charge in [0.2, 0.25) is 0 Å². The molecule has 0 fully saturated rings. The number of alkyl halides is 2. The summed E-state index contributed by atoms with van der Waals surface area (Å²) < 4.78 is 26.1. The van der Waals surface area contributed by atoms with Crippen LogP contribution in [0.15, 0.2) is 0 Å². The molecular weight excluding hydrogens is 226 g/mol. The molecule has 1 aromatic heterocycles. The third-order valence-electron chi connectivity index (χ3n) is 2.00. The average Bonchev–Trinajstić information content (AvgIpc) is 2.52. The lowest BCUT2D eigenvalue weighted by atomic mass is 10.3. The van der Waals surface area contributed by atoms with E-state index in [1.54, 1.807) is 0 Å². The minimum absolute atomic E-state index is 0.00579. The van der Waals surface area contributed by atoms with Crippen molar-refractivity contribution in [3.05, 3.63) is 16.4 Å². The molecule has 3 nitrogen and oxygen atoms in total. The second-order valence-electron chi connectivity index (χ2n) is 3.08. The summed E-state index contributed by atoms with van der Waals surface area (Å²) >= 11 is 5.75. The Morgan fingerprint density at radius 3 is 2.67 bits per heavy atom. The Morgan fingerprint density at radius 1 is 1.60 bits per heavy atom. The minimum atomic E-state index is -2.77. The quantitative estimate of drug-likeness (QED) is 0.737. The summed E-state index contributed by atoms with van der Waals surface area (Å²) in [5, 5.41) is 3.62. The number of nitrogens with zero attached hydrogens (tertiary/aromatic N) is 2. The number of halogens is 3. The molecule has 0 saturated heterocycles. The van der Waals surface area contributed by atoms with E-state index < -0.39 is 12.1 Å². The molecule has 1 aromatic rings. The van der Waals surface area contributed by atoms with Crippen LogP contribution in [0, 0.1) is 0 Å². The summed E-state index contributed by atoms with van der Waals surface area (Å²) in [6, 6.07) is 0. The summed E-state index contributed by atoms with van der Waals surface area (Å²) in [6.07, 6.45) is -0.774. The number of unbranched alkanes of at least 4 members (excludes halogenated alkanes) is 1. The van der Waals surface area contributed by atoms with Gasteiger partial charge in [-0.05, 0) is 6.42 Å². The molecule has 0 atom stereocenters. The Labute approximate surface area is 91.0 Å². The van der Waals surface area contributed by atoms with Crippen molar-refractivity contribution in [2.75, 3.05) is 0 Å². The van der Waals surface area contributed by atoms with Gasteiger partial charge in [0.15, 0.2) is 6.29 Å². The Bertz CT molecular complexity index is 352. The average molecular weight is 237 g/mol. The standard InChI is InChI=1S/C9H11ClF2N2O/c1-2-3-4-14-8(10)6(5-15)7(13-14)9(11)12/h5,9H,2-4H2,1H3. The predicted octanol–water partition coefficient (Wildman–Crippen LogP) is 3.09. The van der Waals surface area contributed by atoms with Crippen molar-refractivity contribution in [2.24, 2.45) is 0 Å². The first-order valence-corrected chi connectivity index (χ1v) is 4.99. The second-order valence-corrected chi connectivity index (χ2v) is 3.44. The monoisotopic (exact) mass is 236 g/mol. The van der Waals surface area contributed by atoms with Gasteiger partial charge in [-0.2, -0.15) is 5.10 Å². The minimum Gasteiger partial charge on any atom is -0.298 e. The van der Waals surface area contributed by atoms with Crippen molar-refractivity contribution in [2.45, 2.75) is 32.7 Å². The van der Waals surface area contributed by atoms with Crippen molar-refractivity contribution in [1.82, 2.24) is 9.78 Å². The zero-order valence-corrected chi connectivity index (χ0v) is 8.97. The Hall–Kier alpha value is -0.970. The highest BCUT2D eigenvalue weighted by Crippen LogP contribution is 2.26. The van der Waals surface area contributed by atoms with E-state index in [1.165, 1.54) is 4.68 Å². The van der Waals surface area contributed by atoms with E-state index in [0.717, 1.165) is 12.8 Å². The zero-order chi connectivity index (χ0) is 11.4. The summed E-state index contributed by atoms with van der Waals surface area (Å²) in [5.41, 5.74) is -0.742. The Balaban J connectivity index is 3.03. The first-order chi connectivity index (χ1) is 7.11. The van der Waals surface area contributed by atoms with Crippen LogP contribution in [0.5, 0.6) is 0 Å². The van der Waals surface area contributed by atoms with Crippen LogP contribution in [0.2, 0.25) is 5.15 Å². The molecule has 84 valence electrons. The normalized spacial score (nSPS) is 11.0. The molecule has 0 aliphatic heterocycles. The SMILES string of the molecule is CCCCn1nc(C(F)F)c(C=O)c1Cl. The number of aldehydes is 1. The number of carbonyl (C=O) groups is 1. The molecule has 0 N–H and O–H groups in total. The van der Waals surface area contributed by atoms with Crippen LogP contribution < -0.4 is 0 Å². The molecule has 0 radical (unpaired) electrons. The van der Waals surface area contributed by atoms with Gasteiger partial charge in [-0.25, -0.2) is 8.78 Å². The smallest absolute Gasteiger partial charge is 0.282 e. The fourth-order valence-corrected chi connectivity index (χ4v) is 1.46. The van der Waals surface area contributed by atoms with E-state index in [1.807, 2.05) is 6.92 Å². The van der Waals surface area contributed by atoms with Crippen molar-refractivity contribution in [3.8, 4) is 0 Å². The van der Waals surface area contributed by atoms with E-state index >= 15 is 0 Å². The number of rotatable bonds is 5. The molecule has 1 rings (SSSR count). The molecular formula is C9H11ClF2N2O. The number of carbonyl (C=O) groups excluding carboxylic acids is 1. The number of hydrogen-bond acceptors (Lipinski definition) is 2. The Kier molecular flexibility index (Phi) is 4.20. The second kappa shape index (κ2) is 5.21. The molecule has 0 aliphatic carbocycles. The summed E-state index contributed by atoms with van der Waals surface area (Å²) in [6.45, 7) is 2.41. The molecule has 0 aromatic carbocycles. The molecule has 0 saturated carbocycles. The van der Waals surface area contributed by atoms with Gasteiger partial charge in [-0.1, -0.05) is 24.9 Å². The topological polar surface area (TPSA) is 34.9 Å². The maximum absolute atomic E-state index is 12.4. The van der Waals surface area contributed by atoms with Gasteiger partial charge in [0.25, 0.3) is 6.43 Å². The first-order valence-electron chi connectivity index (χ1n) is 4.61. The van der Waals surface area contributed by atoms with Gasteiger partial charge in [-0.3, -0.25) is 9.48 Å². The third kappa shape index (κ3) is 2.53. The number of aryl methyl sites for hydroxylation is 1. The molecule has 6 heteroatoms. The van der Waals surface area contributed by atoms with Crippen molar-refractivity contribution in [1.29, 1.82) is 0 Å². The fraction of sp³-hybridized carbons (Fsp3) is 0.556. The van der Waals surface area contributed by atoms with Crippen LogP contribution in [0.4, 0.5) is 8.78 Å². The van der Waals surface area contributed by atoms with E-state index in [-0.39, 0.29) is 10.7 Å². The van der Waals surface area contributed by atoms with Crippen molar-refractivity contribution >= 4 is 17.9 Å². The highest BCUT2D eigenvalue weighted by Gasteiger charge is 2.22. The maximum atomic E-state index is 12.4. The first kappa shape index (κ1) is 12.1. The third-order valence-corrected chi connectivity index (χ3v) is 2.40. The number of hydrogen-bond donors (Lipinski definition) is 0. The van der Waals surface area contributed by atoms with E-state index in [4.69, 9.17) is 11.6 Å². The fourth-order valence-electron chi connectivity index (χ4n) is 1.20. The Morgan fingerprint density at radius 2 is 2.27 bits per heavy atom. The molecule has 0 unspecified atom stereocenters. The van der Waals surface area contributed by atoms with E-state index in [0.29, 0.717) is 12.8 Å². The predicted molar refractivity (Wildman–Crippen MR) is 52.5 cm³/mol. The largest absolute Gasteiger partial charge is 0.298 e. The molecule has 1 heterocycles. The van der Waals surface area contributed by atoms with Gasteiger partial charge < -0.3 is 0 Å². The lowest BCUT2D eigenvalue weighted by molar-refractivity contribution is 0.110. The van der Waals surface area contributed by atoms with Gasteiger partial charge in [0, 0.05) is 6.54 Å². The van der Waals surface area contributed by atoms with E-state index in [2.05, 4.69) is 5.10 Å². The van der Waals surface area contributed by atoms with Crippen LogP contribution >= 0.6 is 11.6 Å². The molecule has 0 amide bonds. The van der Waals surface area contributed by atoms with Crippen LogP contribution in [-0.2, 0) is 6.54 Å². The van der Waals surface area contributed by atoms with Crippen LogP contribution in [0.25, 0.3) is 0 Å². The molecule has 0 bridgehead atoms. The molecule has 15 heavy (non-hydrogen) atoms. The lowest BCUT2D eigenvalue weighted by Gasteiger charge is -2.00. The lowest BCUT2D eigenvalue weighted by Crippen LogP contribution is -2.00. The zero-order valence-electron chi connectivity index (χ0n) is 8.21. The van der Waals surface area contributed by atoms with Crippen molar-refractivity contribution in [3.63, 3.8) is 0 Å². The van der Waals surface area contributed by atoms with Crippen LogP contribution in [0.3, 0.4) is 0 Å². The van der Waals surface area contributed by atoms with Gasteiger partial charge in [-0.15, -0.1) is 0 Å². The van der Waals surface area contributed by atoms with Crippen molar-refractivity contribution < 1.29 is 13.6 Å². The summed E-state index contributed by atoms with van der Waals surface area (Å²) in [4.78, 5) is 10.6. The summed E-state index contributed by atoms with van der Waals surface area (Å²) in [7, 11) is 0. The van der Waals surface area contributed by atoms with Gasteiger partial charge in [0.1, 0.15) is 10.8 Å². The molecule has 0 aliphatic rings. The van der Waals surface area contributed by atoms with Crippen LogP contribution in [0.1, 0.15) is 42.2 Å². The highest BCUT2D eigenvalue weighted by molar-refractivity contribution is 6.32. The van der Waals surface area contributed by atoms with Crippen LogP contribution in [-0.4, -0.2) is 16.1 Å². The van der Waals surface area contributed by atoms with E-state index in [9.17, 15) is 13.6 Å². The van der Waals surface area contributed by atoms with Gasteiger partial charge >= 0.3 is 0 Å². The molecule has 0 spiro atoms. The maximum Gasteiger partial charge on any atom is 0.282 e. The number of aromatic nitrogens is 2. The van der Waals surface area contributed by atoms with Gasteiger partial charge in [0.05, 0.1) is 5.56 Å². The summed E-state index contributed by atoms with van der Waals surface area (Å²) in [5.74, 6) is 0. The highest BCUT2D eigenvalue weighted by atomic mass is 35.5.